The molecule has 4 rings (SSSR count). The van der Waals surface area contributed by atoms with E-state index in [0.29, 0.717) is 13.0 Å². The molecule has 2 aliphatic carbocycles. The lowest BCUT2D eigenvalue weighted by Crippen LogP contribution is -2.57. The molecule has 1 aromatic heterocycles. The molecule has 2 saturated carbocycles. The predicted molar refractivity (Wildman–Crippen MR) is 112 cm³/mol. The summed E-state index contributed by atoms with van der Waals surface area (Å²) in [7, 11) is 0. The Bertz CT molecular complexity index is 763. The summed E-state index contributed by atoms with van der Waals surface area (Å²) in [6, 6.07) is 4.21. The van der Waals surface area contributed by atoms with Gasteiger partial charge in [0.15, 0.2) is 0 Å². The van der Waals surface area contributed by atoms with Gasteiger partial charge in [-0.2, -0.15) is 0 Å². The van der Waals surface area contributed by atoms with Gasteiger partial charge in [-0.3, -0.25) is 14.6 Å². The summed E-state index contributed by atoms with van der Waals surface area (Å²) < 4.78 is 11.9. The minimum atomic E-state index is -0.0230. The van der Waals surface area contributed by atoms with E-state index in [1.807, 2.05) is 30.9 Å². The lowest BCUT2D eigenvalue weighted by atomic mass is 9.81. The summed E-state index contributed by atoms with van der Waals surface area (Å²) in [6.45, 7) is 4.82. The number of aromatic nitrogens is 1. The number of nitrogens with zero attached hydrogens (tertiary/aromatic N) is 2. The summed E-state index contributed by atoms with van der Waals surface area (Å²) in [6.07, 6.45) is 8.05. The summed E-state index contributed by atoms with van der Waals surface area (Å²) in [5.74, 6) is 1.05. The molecule has 164 valence electrons. The largest absolute Gasteiger partial charge is 0.489 e. The Hall–Kier alpha value is -2.15. The molecule has 1 aliphatic heterocycles. The fraction of sp³-hybridized carbons (Fsp3) is 0.696. The monoisotopic (exact) mass is 415 g/mol. The van der Waals surface area contributed by atoms with E-state index in [2.05, 4.69) is 10.3 Å². The number of likely N-dealkylation sites (N-methyl/N-ethyl adjacent to an activating group) is 1. The maximum atomic E-state index is 12.9. The van der Waals surface area contributed by atoms with Gasteiger partial charge in [0, 0.05) is 24.7 Å². The van der Waals surface area contributed by atoms with E-state index in [-0.39, 0.29) is 48.6 Å². The second-order valence-electron chi connectivity index (χ2n) is 8.79. The van der Waals surface area contributed by atoms with Crippen molar-refractivity contribution < 1.29 is 19.1 Å². The lowest BCUT2D eigenvalue weighted by molar-refractivity contribution is -0.163. The first-order chi connectivity index (χ1) is 14.5. The Morgan fingerprint density at radius 1 is 1.27 bits per heavy atom. The van der Waals surface area contributed by atoms with Crippen molar-refractivity contribution in [1.82, 2.24) is 15.2 Å². The topological polar surface area (TPSA) is 80.8 Å². The number of pyridine rings is 1. The average Bonchev–Trinajstić information content (AvgIpc) is 2.76. The normalized spacial score (nSPS) is 31.7. The molecular formula is C23H33N3O4. The molecule has 0 aromatic carbocycles. The van der Waals surface area contributed by atoms with Crippen molar-refractivity contribution in [3.05, 3.63) is 24.0 Å². The number of morpholine rings is 1. The van der Waals surface area contributed by atoms with Gasteiger partial charge < -0.3 is 19.7 Å². The highest BCUT2D eigenvalue weighted by molar-refractivity contribution is 5.80. The van der Waals surface area contributed by atoms with E-state index in [1.54, 1.807) is 6.20 Å². The van der Waals surface area contributed by atoms with Crippen molar-refractivity contribution in [3.63, 3.8) is 0 Å². The van der Waals surface area contributed by atoms with Crippen molar-refractivity contribution in [1.29, 1.82) is 0 Å². The van der Waals surface area contributed by atoms with Crippen LogP contribution in [0.4, 0.5) is 0 Å². The summed E-state index contributed by atoms with van der Waals surface area (Å²) >= 11 is 0. The fourth-order valence-corrected chi connectivity index (χ4v) is 5.16. The zero-order chi connectivity index (χ0) is 21.1. The predicted octanol–water partition coefficient (Wildman–Crippen LogP) is 2.61. The van der Waals surface area contributed by atoms with Crippen LogP contribution in [0, 0.1) is 12.8 Å². The van der Waals surface area contributed by atoms with Crippen LogP contribution in [-0.4, -0.2) is 59.1 Å². The molecule has 3 fully saturated rings. The minimum absolute atomic E-state index is 0.0148. The molecule has 2 heterocycles. The van der Waals surface area contributed by atoms with Crippen LogP contribution in [0.3, 0.4) is 0 Å². The number of carbonyl (C=O) groups is 2. The molecule has 1 saturated heterocycles. The van der Waals surface area contributed by atoms with Gasteiger partial charge in [-0.1, -0.05) is 0 Å². The SMILES string of the molecule is CCN1C(=O)CO[C@H]2C[C@@H](C(=O)NC3CCC(Oc4cccnc4C)CC3)CC[C@@H]21. The number of carbonyl (C=O) groups excluding carboxylic acids is 2. The van der Waals surface area contributed by atoms with E-state index >= 15 is 0 Å². The average molecular weight is 416 g/mol. The third-order valence-corrected chi connectivity index (χ3v) is 6.88. The van der Waals surface area contributed by atoms with Gasteiger partial charge in [0.25, 0.3) is 0 Å². The lowest BCUT2D eigenvalue weighted by Gasteiger charge is -2.45. The Balaban J connectivity index is 1.24. The van der Waals surface area contributed by atoms with E-state index in [0.717, 1.165) is 50.0 Å². The van der Waals surface area contributed by atoms with Crippen LogP contribution in [0.15, 0.2) is 18.3 Å². The molecule has 0 bridgehead atoms. The molecule has 0 unspecified atom stereocenters. The molecule has 7 heteroatoms. The summed E-state index contributed by atoms with van der Waals surface area (Å²) in [5.41, 5.74) is 0.914. The van der Waals surface area contributed by atoms with Crippen LogP contribution in [0.25, 0.3) is 0 Å². The van der Waals surface area contributed by atoms with Gasteiger partial charge >= 0.3 is 0 Å². The molecular weight excluding hydrogens is 382 g/mol. The van der Waals surface area contributed by atoms with E-state index in [9.17, 15) is 9.59 Å². The van der Waals surface area contributed by atoms with Crippen LogP contribution in [0.1, 0.15) is 57.6 Å². The maximum Gasteiger partial charge on any atom is 0.248 e. The van der Waals surface area contributed by atoms with Gasteiger partial charge in [-0.05, 0) is 70.9 Å². The number of fused-ring (bicyclic) bond motifs is 1. The third-order valence-electron chi connectivity index (χ3n) is 6.88. The Morgan fingerprint density at radius 2 is 2.07 bits per heavy atom. The quantitative estimate of drug-likeness (QED) is 0.800. The standard InChI is InChI=1S/C23H33N3O4/c1-3-26-19-11-6-16(13-21(19)29-14-22(26)27)23(28)25-17-7-9-18(10-8-17)30-20-5-4-12-24-15(20)2/h4-5,12,16-19,21H,3,6-11,13-14H2,1-2H3,(H,25,28)/t16-,17?,18?,19-,21-/m0/s1. The van der Waals surface area contributed by atoms with Crippen LogP contribution >= 0.6 is 0 Å². The zero-order valence-corrected chi connectivity index (χ0v) is 18.0. The highest BCUT2D eigenvalue weighted by Crippen LogP contribution is 2.33. The van der Waals surface area contributed by atoms with Crippen molar-refractivity contribution >= 4 is 11.8 Å². The molecule has 2 amide bonds. The number of amides is 2. The van der Waals surface area contributed by atoms with Crippen molar-refractivity contribution in [3.8, 4) is 5.75 Å². The second-order valence-corrected chi connectivity index (χ2v) is 8.79. The fourth-order valence-electron chi connectivity index (χ4n) is 5.16. The summed E-state index contributed by atoms with van der Waals surface area (Å²) in [5, 5.41) is 3.27. The first kappa shape index (κ1) is 21.1. The summed E-state index contributed by atoms with van der Waals surface area (Å²) in [4.78, 5) is 31.1. The molecule has 3 atom stereocenters. The van der Waals surface area contributed by atoms with Crippen LogP contribution in [0.5, 0.6) is 5.75 Å². The molecule has 1 aromatic rings. The number of ether oxygens (including phenoxy) is 2. The van der Waals surface area contributed by atoms with E-state index < -0.39 is 0 Å². The van der Waals surface area contributed by atoms with Crippen molar-refractivity contribution in [2.75, 3.05) is 13.2 Å². The highest BCUT2D eigenvalue weighted by Gasteiger charge is 2.42. The molecule has 7 nitrogen and oxygen atoms in total. The van der Waals surface area contributed by atoms with Crippen LogP contribution in [-0.2, 0) is 14.3 Å². The minimum Gasteiger partial charge on any atom is -0.489 e. The number of rotatable bonds is 5. The van der Waals surface area contributed by atoms with Crippen molar-refractivity contribution in [2.24, 2.45) is 5.92 Å². The smallest absolute Gasteiger partial charge is 0.248 e. The maximum absolute atomic E-state index is 12.9. The zero-order valence-electron chi connectivity index (χ0n) is 18.0. The van der Waals surface area contributed by atoms with Gasteiger partial charge in [0.2, 0.25) is 11.8 Å². The highest BCUT2D eigenvalue weighted by atomic mass is 16.5. The molecule has 0 spiro atoms. The van der Waals surface area contributed by atoms with Gasteiger partial charge in [0.1, 0.15) is 12.4 Å². The van der Waals surface area contributed by atoms with Crippen molar-refractivity contribution in [2.45, 2.75) is 83.1 Å². The Morgan fingerprint density at radius 3 is 2.80 bits per heavy atom. The van der Waals surface area contributed by atoms with Crippen LogP contribution in [0.2, 0.25) is 0 Å². The van der Waals surface area contributed by atoms with E-state index in [4.69, 9.17) is 9.47 Å². The molecule has 1 N–H and O–H groups in total. The van der Waals surface area contributed by atoms with Gasteiger partial charge in [-0.25, -0.2) is 0 Å². The Kier molecular flexibility index (Phi) is 6.56. The number of aryl methyl sites for hydroxylation is 1. The molecule has 0 radical (unpaired) electrons. The van der Waals surface area contributed by atoms with Crippen LogP contribution < -0.4 is 10.1 Å². The van der Waals surface area contributed by atoms with E-state index in [1.165, 1.54) is 0 Å². The Labute approximate surface area is 178 Å². The number of nitrogens with one attached hydrogen (secondary N) is 1. The molecule has 3 aliphatic rings. The number of hydrogen-bond acceptors (Lipinski definition) is 5. The van der Waals surface area contributed by atoms with Gasteiger partial charge in [0.05, 0.1) is 23.9 Å². The first-order valence-electron chi connectivity index (χ1n) is 11.3. The molecule has 30 heavy (non-hydrogen) atoms. The number of hydrogen-bond donors (Lipinski definition) is 1. The first-order valence-corrected chi connectivity index (χ1v) is 11.3. The van der Waals surface area contributed by atoms with Gasteiger partial charge in [-0.15, -0.1) is 0 Å². The third kappa shape index (κ3) is 4.61. The second kappa shape index (κ2) is 9.33.